The average Bonchev–Trinajstić information content (AvgIpc) is 2.49. The van der Waals surface area contributed by atoms with Gasteiger partial charge in [-0.15, -0.1) is 0 Å². The maximum atomic E-state index is 12.0. The Morgan fingerprint density at radius 2 is 1.71 bits per heavy atom. The first kappa shape index (κ1) is 25.1. The SMILES string of the molecule is CC.CC.CCC(C)(C)OC(=O)C[C@H]1C[C@@H](CC#N)OC(C)(C)O1. The monoisotopic (exact) mass is 343 g/mol. The zero-order valence-electron chi connectivity index (χ0n) is 17.1. The molecular formula is C19H37NO4. The van der Waals surface area contributed by atoms with Gasteiger partial charge in [0.2, 0.25) is 0 Å². The number of ether oxygens (including phenoxy) is 3. The average molecular weight is 344 g/mol. The molecule has 142 valence electrons. The summed E-state index contributed by atoms with van der Waals surface area (Å²) in [5, 5.41) is 8.78. The molecule has 24 heavy (non-hydrogen) atoms. The van der Waals surface area contributed by atoms with Gasteiger partial charge in [-0.1, -0.05) is 34.6 Å². The van der Waals surface area contributed by atoms with E-state index in [9.17, 15) is 4.79 Å². The molecule has 0 bridgehead atoms. The van der Waals surface area contributed by atoms with Gasteiger partial charge in [0.15, 0.2) is 5.79 Å². The zero-order chi connectivity index (χ0) is 19.4. The van der Waals surface area contributed by atoms with E-state index in [0.29, 0.717) is 12.8 Å². The van der Waals surface area contributed by atoms with Gasteiger partial charge in [-0.2, -0.15) is 5.26 Å². The fraction of sp³-hybridized carbons (Fsp3) is 0.895. The van der Waals surface area contributed by atoms with E-state index >= 15 is 0 Å². The summed E-state index contributed by atoms with van der Waals surface area (Å²) in [6.07, 6.45) is 1.34. The van der Waals surface area contributed by atoms with Crippen LogP contribution in [-0.2, 0) is 19.0 Å². The van der Waals surface area contributed by atoms with Gasteiger partial charge in [-0.05, 0) is 34.1 Å². The minimum Gasteiger partial charge on any atom is -0.460 e. The molecule has 0 spiro atoms. The van der Waals surface area contributed by atoms with Crippen molar-refractivity contribution in [3.05, 3.63) is 0 Å². The summed E-state index contributed by atoms with van der Waals surface area (Å²) in [4.78, 5) is 12.0. The fourth-order valence-electron chi connectivity index (χ4n) is 2.18. The molecule has 5 nitrogen and oxygen atoms in total. The standard InChI is InChI=1S/C15H25NO4.2C2H6/c1-6-14(2,3)20-13(17)10-12-9-11(7-8-16)18-15(4,5)19-12;2*1-2/h11-12H,6-7,9-10H2,1-5H3;2*1-2H3/t11-,12-;;/m1../s1. The molecule has 1 rings (SSSR count). The molecule has 1 fully saturated rings. The van der Waals surface area contributed by atoms with Gasteiger partial charge >= 0.3 is 5.97 Å². The Bertz CT molecular complexity index is 385. The summed E-state index contributed by atoms with van der Waals surface area (Å²) in [6, 6.07) is 2.10. The molecule has 0 radical (unpaired) electrons. The lowest BCUT2D eigenvalue weighted by Gasteiger charge is -2.40. The number of hydrogen-bond acceptors (Lipinski definition) is 5. The molecule has 0 aromatic carbocycles. The Morgan fingerprint density at radius 3 is 2.17 bits per heavy atom. The van der Waals surface area contributed by atoms with Crippen molar-refractivity contribution >= 4 is 5.97 Å². The van der Waals surface area contributed by atoms with Gasteiger partial charge in [0.25, 0.3) is 0 Å². The molecular weight excluding hydrogens is 306 g/mol. The summed E-state index contributed by atoms with van der Waals surface area (Å²) in [5.74, 6) is -1.04. The number of carbonyl (C=O) groups excluding carboxylic acids is 1. The molecule has 5 heteroatoms. The molecule has 0 aromatic rings. The van der Waals surface area contributed by atoms with Crippen molar-refractivity contribution in [2.24, 2.45) is 0 Å². The third-order valence-corrected chi connectivity index (χ3v) is 3.38. The second kappa shape index (κ2) is 12.3. The fourth-order valence-corrected chi connectivity index (χ4v) is 2.18. The smallest absolute Gasteiger partial charge is 0.308 e. The van der Waals surface area contributed by atoms with Crippen LogP contribution in [0.2, 0.25) is 0 Å². The van der Waals surface area contributed by atoms with Gasteiger partial charge in [0, 0.05) is 6.42 Å². The first-order valence-electron chi connectivity index (χ1n) is 9.12. The van der Waals surface area contributed by atoms with Crippen LogP contribution in [0.1, 0.15) is 88.0 Å². The molecule has 0 unspecified atom stereocenters. The molecule has 0 aliphatic carbocycles. The van der Waals surface area contributed by atoms with E-state index in [-0.39, 0.29) is 24.6 Å². The van der Waals surface area contributed by atoms with Gasteiger partial charge in [0.05, 0.1) is 31.1 Å². The summed E-state index contributed by atoms with van der Waals surface area (Å²) >= 11 is 0. The molecule has 0 amide bonds. The van der Waals surface area contributed by atoms with Crippen LogP contribution in [0.25, 0.3) is 0 Å². The topological polar surface area (TPSA) is 68.6 Å². The van der Waals surface area contributed by atoms with Crippen LogP contribution < -0.4 is 0 Å². The van der Waals surface area contributed by atoms with E-state index in [1.165, 1.54) is 0 Å². The molecule has 1 aliphatic heterocycles. The van der Waals surface area contributed by atoms with E-state index in [1.54, 1.807) is 13.8 Å². The van der Waals surface area contributed by atoms with Crippen molar-refractivity contribution in [3.8, 4) is 6.07 Å². The maximum absolute atomic E-state index is 12.0. The van der Waals surface area contributed by atoms with Gasteiger partial charge in [-0.3, -0.25) is 4.79 Å². The minimum atomic E-state index is -0.773. The number of nitrogens with zero attached hydrogens (tertiary/aromatic N) is 1. The van der Waals surface area contributed by atoms with Gasteiger partial charge < -0.3 is 14.2 Å². The van der Waals surface area contributed by atoms with Crippen LogP contribution in [0.5, 0.6) is 0 Å². The molecule has 1 heterocycles. The first-order chi connectivity index (χ1) is 11.2. The second-order valence-electron chi connectivity index (χ2n) is 6.27. The summed E-state index contributed by atoms with van der Waals surface area (Å²) < 4.78 is 16.8. The van der Waals surface area contributed by atoms with Gasteiger partial charge in [0.1, 0.15) is 5.60 Å². The minimum absolute atomic E-state index is 0.193. The third kappa shape index (κ3) is 10.6. The van der Waals surface area contributed by atoms with Crippen molar-refractivity contribution < 1.29 is 19.0 Å². The van der Waals surface area contributed by atoms with Crippen molar-refractivity contribution in [2.75, 3.05) is 0 Å². The Morgan fingerprint density at radius 1 is 1.21 bits per heavy atom. The highest BCUT2D eigenvalue weighted by molar-refractivity contribution is 5.70. The lowest BCUT2D eigenvalue weighted by molar-refractivity contribution is -0.298. The summed E-state index contributed by atoms with van der Waals surface area (Å²) in [5.41, 5.74) is -0.455. The van der Waals surface area contributed by atoms with Crippen molar-refractivity contribution in [1.82, 2.24) is 0 Å². The Kier molecular flexibility index (Phi) is 12.8. The molecule has 0 saturated carbocycles. The van der Waals surface area contributed by atoms with Crippen molar-refractivity contribution in [2.45, 2.75) is 112 Å². The third-order valence-electron chi connectivity index (χ3n) is 3.38. The molecule has 2 atom stereocenters. The molecule has 0 aromatic heterocycles. The highest BCUT2D eigenvalue weighted by atomic mass is 16.7. The lowest BCUT2D eigenvalue weighted by atomic mass is 10.0. The number of nitriles is 1. The summed E-state index contributed by atoms with van der Waals surface area (Å²) in [7, 11) is 0. The lowest BCUT2D eigenvalue weighted by Crippen LogP contribution is -2.45. The second-order valence-corrected chi connectivity index (χ2v) is 6.27. The molecule has 1 aliphatic rings. The predicted octanol–water partition coefficient (Wildman–Crippen LogP) is 4.98. The van der Waals surface area contributed by atoms with E-state index in [0.717, 1.165) is 6.42 Å². The Labute approximate surface area is 148 Å². The Balaban J connectivity index is 0. The van der Waals surface area contributed by atoms with E-state index < -0.39 is 11.4 Å². The number of hydrogen-bond donors (Lipinski definition) is 0. The van der Waals surface area contributed by atoms with Crippen LogP contribution in [0.3, 0.4) is 0 Å². The van der Waals surface area contributed by atoms with Crippen molar-refractivity contribution in [3.63, 3.8) is 0 Å². The van der Waals surface area contributed by atoms with Crippen LogP contribution >= 0.6 is 0 Å². The van der Waals surface area contributed by atoms with Crippen LogP contribution in [0.15, 0.2) is 0 Å². The highest BCUT2D eigenvalue weighted by Crippen LogP contribution is 2.30. The highest BCUT2D eigenvalue weighted by Gasteiger charge is 2.37. The number of rotatable bonds is 5. The normalized spacial score (nSPS) is 22.0. The molecule has 0 N–H and O–H groups in total. The number of esters is 1. The van der Waals surface area contributed by atoms with E-state index in [4.69, 9.17) is 19.5 Å². The van der Waals surface area contributed by atoms with Crippen molar-refractivity contribution in [1.29, 1.82) is 5.26 Å². The summed E-state index contributed by atoms with van der Waals surface area (Å²) in [6.45, 7) is 17.3. The van der Waals surface area contributed by atoms with Gasteiger partial charge in [-0.25, -0.2) is 0 Å². The quantitative estimate of drug-likeness (QED) is 0.658. The largest absolute Gasteiger partial charge is 0.460 e. The zero-order valence-corrected chi connectivity index (χ0v) is 17.1. The maximum Gasteiger partial charge on any atom is 0.308 e. The number of carbonyl (C=O) groups is 1. The van der Waals surface area contributed by atoms with E-state index in [1.807, 2.05) is 48.5 Å². The first-order valence-corrected chi connectivity index (χ1v) is 9.12. The van der Waals surface area contributed by atoms with Crippen LogP contribution in [0, 0.1) is 11.3 Å². The predicted molar refractivity (Wildman–Crippen MR) is 96.4 cm³/mol. The Hall–Kier alpha value is -1.12. The van der Waals surface area contributed by atoms with Crippen LogP contribution in [-0.4, -0.2) is 29.6 Å². The van der Waals surface area contributed by atoms with Crippen LogP contribution in [0.4, 0.5) is 0 Å². The molecule has 1 saturated heterocycles. The van der Waals surface area contributed by atoms with E-state index in [2.05, 4.69) is 6.07 Å².